The van der Waals surface area contributed by atoms with Crippen LogP contribution in [0.3, 0.4) is 0 Å². The summed E-state index contributed by atoms with van der Waals surface area (Å²) in [4.78, 5) is 24.5. The molecule has 0 aromatic heterocycles. The fourth-order valence-electron chi connectivity index (χ4n) is 2.96. The van der Waals surface area contributed by atoms with Gasteiger partial charge in [-0.3, -0.25) is 4.79 Å². The zero-order chi connectivity index (χ0) is 17.4. The van der Waals surface area contributed by atoms with Gasteiger partial charge < -0.3 is 15.4 Å². The molecule has 1 aliphatic rings. The van der Waals surface area contributed by atoms with Crippen molar-refractivity contribution in [3.05, 3.63) is 35.9 Å². The SMILES string of the molecule is CC(C)[C@H](NC(=O)OCc1ccccc1)C(=O)NC1CCCCC1. The van der Waals surface area contributed by atoms with Crippen molar-refractivity contribution in [1.29, 1.82) is 0 Å². The maximum absolute atomic E-state index is 12.5. The predicted molar refractivity (Wildman–Crippen MR) is 93.4 cm³/mol. The van der Waals surface area contributed by atoms with Crippen LogP contribution in [0.2, 0.25) is 0 Å². The molecule has 24 heavy (non-hydrogen) atoms. The largest absolute Gasteiger partial charge is 0.445 e. The third kappa shape index (κ3) is 5.87. The molecule has 0 radical (unpaired) electrons. The summed E-state index contributed by atoms with van der Waals surface area (Å²) in [7, 11) is 0. The molecular weight excluding hydrogens is 304 g/mol. The van der Waals surface area contributed by atoms with Crippen molar-refractivity contribution >= 4 is 12.0 Å². The van der Waals surface area contributed by atoms with Crippen LogP contribution in [-0.2, 0) is 16.1 Å². The van der Waals surface area contributed by atoms with Crippen LogP contribution in [-0.4, -0.2) is 24.1 Å². The number of hydrogen-bond acceptors (Lipinski definition) is 3. The Kier molecular flexibility index (Phi) is 7.09. The number of rotatable bonds is 6. The van der Waals surface area contributed by atoms with E-state index in [1.54, 1.807) is 0 Å². The molecule has 1 atom stereocenters. The molecule has 2 N–H and O–H groups in total. The first-order valence-electron chi connectivity index (χ1n) is 8.84. The van der Waals surface area contributed by atoms with Gasteiger partial charge in [-0.2, -0.15) is 0 Å². The summed E-state index contributed by atoms with van der Waals surface area (Å²) < 4.78 is 5.22. The number of amides is 2. The minimum Gasteiger partial charge on any atom is -0.445 e. The van der Waals surface area contributed by atoms with E-state index in [1.165, 1.54) is 6.42 Å². The number of carbonyl (C=O) groups excluding carboxylic acids is 2. The van der Waals surface area contributed by atoms with E-state index >= 15 is 0 Å². The first kappa shape index (κ1) is 18.3. The summed E-state index contributed by atoms with van der Waals surface area (Å²) >= 11 is 0. The zero-order valence-electron chi connectivity index (χ0n) is 14.6. The highest BCUT2D eigenvalue weighted by molar-refractivity contribution is 5.86. The van der Waals surface area contributed by atoms with E-state index in [4.69, 9.17) is 4.74 Å². The van der Waals surface area contributed by atoms with Crippen LogP contribution < -0.4 is 10.6 Å². The highest BCUT2D eigenvalue weighted by Gasteiger charge is 2.27. The van der Waals surface area contributed by atoms with Gasteiger partial charge in [0.25, 0.3) is 0 Å². The van der Waals surface area contributed by atoms with Gasteiger partial charge >= 0.3 is 6.09 Å². The standard InChI is InChI=1S/C19H28N2O3/c1-14(2)17(18(22)20-16-11-7-4-8-12-16)21-19(23)24-13-15-9-5-3-6-10-15/h3,5-6,9-10,14,16-17H,4,7-8,11-13H2,1-2H3,(H,20,22)(H,21,23)/t17-/m0/s1. The lowest BCUT2D eigenvalue weighted by Crippen LogP contribution is -2.52. The van der Waals surface area contributed by atoms with Crippen molar-refractivity contribution < 1.29 is 14.3 Å². The van der Waals surface area contributed by atoms with Gasteiger partial charge in [-0.25, -0.2) is 4.79 Å². The Hall–Kier alpha value is -2.04. The smallest absolute Gasteiger partial charge is 0.408 e. The maximum atomic E-state index is 12.5. The van der Waals surface area contributed by atoms with Crippen molar-refractivity contribution in [3.8, 4) is 0 Å². The van der Waals surface area contributed by atoms with Crippen molar-refractivity contribution in [2.75, 3.05) is 0 Å². The van der Waals surface area contributed by atoms with Crippen LogP contribution in [0.4, 0.5) is 4.79 Å². The van der Waals surface area contributed by atoms with Crippen molar-refractivity contribution in [2.24, 2.45) is 5.92 Å². The second kappa shape index (κ2) is 9.30. The van der Waals surface area contributed by atoms with E-state index in [-0.39, 0.29) is 24.5 Å². The van der Waals surface area contributed by atoms with Gasteiger partial charge in [0.05, 0.1) is 0 Å². The molecule has 1 aliphatic carbocycles. The first-order valence-corrected chi connectivity index (χ1v) is 8.84. The summed E-state index contributed by atoms with van der Waals surface area (Å²) in [6.45, 7) is 4.03. The molecule has 0 bridgehead atoms. The zero-order valence-corrected chi connectivity index (χ0v) is 14.6. The lowest BCUT2D eigenvalue weighted by Gasteiger charge is -2.27. The van der Waals surface area contributed by atoms with Crippen LogP contribution in [0.1, 0.15) is 51.5 Å². The Labute approximate surface area is 144 Å². The Morgan fingerprint density at radius 3 is 2.42 bits per heavy atom. The molecule has 1 saturated carbocycles. The van der Waals surface area contributed by atoms with Gasteiger partial charge in [0.2, 0.25) is 5.91 Å². The molecule has 0 spiro atoms. The van der Waals surface area contributed by atoms with Crippen LogP contribution >= 0.6 is 0 Å². The fraction of sp³-hybridized carbons (Fsp3) is 0.579. The van der Waals surface area contributed by atoms with Crippen molar-refractivity contribution in [3.63, 3.8) is 0 Å². The molecule has 2 rings (SSSR count). The molecule has 132 valence electrons. The van der Waals surface area contributed by atoms with E-state index in [1.807, 2.05) is 44.2 Å². The van der Waals surface area contributed by atoms with Gasteiger partial charge in [0.15, 0.2) is 0 Å². The number of ether oxygens (including phenoxy) is 1. The highest BCUT2D eigenvalue weighted by Crippen LogP contribution is 2.18. The first-order chi connectivity index (χ1) is 11.6. The van der Waals surface area contributed by atoms with Crippen LogP contribution in [0.5, 0.6) is 0 Å². The van der Waals surface area contributed by atoms with Gasteiger partial charge in [-0.15, -0.1) is 0 Å². The lowest BCUT2D eigenvalue weighted by molar-refractivity contribution is -0.125. The number of alkyl carbamates (subject to hydrolysis) is 1. The number of nitrogens with one attached hydrogen (secondary N) is 2. The van der Waals surface area contributed by atoms with E-state index in [9.17, 15) is 9.59 Å². The third-order valence-electron chi connectivity index (χ3n) is 4.39. The second-order valence-electron chi connectivity index (χ2n) is 6.77. The number of carbonyl (C=O) groups is 2. The van der Waals surface area contributed by atoms with Crippen molar-refractivity contribution in [2.45, 2.75) is 64.6 Å². The monoisotopic (exact) mass is 332 g/mol. The van der Waals surface area contributed by atoms with Gasteiger partial charge in [0.1, 0.15) is 12.6 Å². The molecule has 0 saturated heterocycles. The minimum atomic E-state index is -0.574. The van der Waals surface area contributed by atoms with E-state index < -0.39 is 12.1 Å². The van der Waals surface area contributed by atoms with Crippen LogP contribution in [0, 0.1) is 5.92 Å². The summed E-state index contributed by atoms with van der Waals surface area (Å²) in [6.07, 6.45) is 5.04. The quantitative estimate of drug-likeness (QED) is 0.839. The van der Waals surface area contributed by atoms with Gasteiger partial charge in [-0.1, -0.05) is 63.4 Å². The molecule has 0 aliphatic heterocycles. The van der Waals surface area contributed by atoms with E-state index in [0.29, 0.717) is 0 Å². The summed E-state index contributed by atoms with van der Waals surface area (Å²) in [6, 6.07) is 9.14. The molecule has 5 nitrogen and oxygen atoms in total. The van der Waals surface area contributed by atoms with Gasteiger partial charge in [-0.05, 0) is 24.3 Å². The van der Waals surface area contributed by atoms with E-state index in [2.05, 4.69) is 10.6 Å². The molecule has 1 aromatic carbocycles. The predicted octanol–water partition coefficient (Wildman–Crippen LogP) is 3.39. The summed E-state index contributed by atoms with van der Waals surface area (Å²) in [5, 5.41) is 5.77. The topological polar surface area (TPSA) is 67.4 Å². The third-order valence-corrected chi connectivity index (χ3v) is 4.39. The fourth-order valence-corrected chi connectivity index (χ4v) is 2.96. The normalized spacial score (nSPS) is 16.5. The second-order valence-corrected chi connectivity index (χ2v) is 6.77. The average Bonchev–Trinajstić information content (AvgIpc) is 2.59. The summed E-state index contributed by atoms with van der Waals surface area (Å²) in [5.74, 6) is -0.119. The molecular formula is C19H28N2O3. The maximum Gasteiger partial charge on any atom is 0.408 e. The molecule has 1 aromatic rings. The Balaban J connectivity index is 1.82. The lowest BCUT2D eigenvalue weighted by atomic mass is 9.94. The minimum absolute atomic E-state index is 0.00198. The summed E-state index contributed by atoms with van der Waals surface area (Å²) in [5.41, 5.74) is 0.917. The molecule has 2 amide bonds. The highest BCUT2D eigenvalue weighted by atomic mass is 16.5. The molecule has 0 heterocycles. The molecule has 0 unspecified atom stereocenters. The average molecular weight is 332 g/mol. The van der Waals surface area contributed by atoms with Crippen LogP contribution in [0.25, 0.3) is 0 Å². The van der Waals surface area contributed by atoms with Crippen molar-refractivity contribution in [1.82, 2.24) is 10.6 Å². The van der Waals surface area contributed by atoms with Crippen LogP contribution in [0.15, 0.2) is 30.3 Å². The van der Waals surface area contributed by atoms with Gasteiger partial charge in [0, 0.05) is 6.04 Å². The van der Waals surface area contributed by atoms with E-state index in [0.717, 1.165) is 31.2 Å². The Morgan fingerprint density at radius 2 is 1.79 bits per heavy atom. The Bertz CT molecular complexity index is 525. The number of hydrogen-bond donors (Lipinski definition) is 2. The molecule has 1 fully saturated rings. The number of benzene rings is 1. The Morgan fingerprint density at radius 1 is 1.12 bits per heavy atom. The molecule has 5 heteroatoms.